The van der Waals surface area contributed by atoms with Crippen molar-refractivity contribution < 1.29 is 18.7 Å². The maximum absolute atomic E-state index is 11.9. The third kappa shape index (κ3) is 3.79. The van der Waals surface area contributed by atoms with Crippen molar-refractivity contribution in [2.24, 2.45) is 0 Å². The van der Waals surface area contributed by atoms with Crippen LogP contribution in [0.15, 0.2) is 63.6 Å². The second kappa shape index (κ2) is 7.25. The van der Waals surface area contributed by atoms with Gasteiger partial charge < -0.3 is 24.6 Å². The van der Waals surface area contributed by atoms with E-state index in [2.05, 4.69) is 10.6 Å². The van der Waals surface area contributed by atoms with E-state index >= 15 is 0 Å². The number of carbonyl (C=O) groups excluding carboxylic acids is 1. The minimum Gasteiger partial charge on any atom is -0.461 e. The number of furan rings is 2. The second-order valence-electron chi connectivity index (χ2n) is 5.01. The van der Waals surface area contributed by atoms with E-state index < -0.39 is 12.1 Å². The quantitative estimate of drug-likeness (QED) is 0.650. The molecule has 0 fully saturated rings. The summed E-state index contributed by atoms with van der Waals surface area (Å²) in [6.07, 6.45) is 0.555. The molecule has 3 N–H and O–H groups in total. The first-order valence-corrected chi connectivity index (χ1v) is 7.62. The maximum atomic E-state index is 11.9. The van der Waals surface area contributed by atoms with Crippen LogP contribution in [0.25, 0.3) is 11.5 Å². The summed E-state index contributed by atoms with van der Waals surface area (Å²) < 4.78 is 10.7. The average molecular weight is 347 g/mol. The van der Waals surface area contributed by atoms with E-state index in [9.17, 15) is 9.90 Å². The molecule has 3 aromatic rings. The molecule has 24 heavy (non-hydrogen) atoms. The molecule has 2 amide bonds. The number of para-hydroxylation sites is 1. The molecule has 0 bridgehead atoms. The molecule has 124 valence electrons. The van der Waals surface area contributed by atoms with Crippen molar-refractivity contribution in [3.63, 3.8) is 0 Å². The molecule has 2 aromatic heterocycles. The normalized spacial score (nSPS) is 11.9. The van der Waals surface area contributed by atoms with E-state index in [1.165, 1.54) is 6.26 Å². The zero-order chi connectivity index (χ0) is 16.9. The number of aliphatic hydroxyl groups is 1. The lowest BCUT2D eigenvalue weighted by molar-refractivity contribution is 0.150. The van der Waals surface area contributed by atoms with Gasteiger partial charge >= 0.3 is 6.03 Å². The molecule has 0 aliphatic heterocycles. The van der Waals surface area contributed by atoms with Gasteiger partial charge in [0.1, 0.15) is 11.9 Å². The molecule has 7 heteroatoms. The third-order valence-electron chi connectivity index (χ3n) is 3.30. The van der Waals surface area contributed by atoms with Gasteiger partial charge in [0.25, 0.3) is 0 Å². The number of hydrogen-bond acceptors (Lipinski definition) is 4. The predicted molar refractivity (Wildman–Crippen MR) is 89.8 cm³/mol. The number of halogens is 1. The lowest BCUT2D eigenvalue weighted by atomic mass is 10.2. The monoisotopic (exact) mass is 346 g/mol. The number of aliphatic hydroxyl groups excluding tert-OH is 1. The van der Waals surface area contributed by atoms with Gasteiger partial charge in [0, 0.05) is 0 Å². The molecule has 0 aliphatic rings. The number of rotatable bonds is 5. The largest absolute Gasteiger partial charge is 0.461 e. The van der Waals surface area contributed by atoms with Crippen LogP contribution < -0.4 is 10.6 Å². The van der Waals surface area contributed by atoms with Crippen LogP contribution in [0.5, 0.6) is 0 Å². The van der Waals surface area contributed by atoms with E-state index in [0.717, 1.165) is 0 Å². The van der Waals surface area contributed by atoms with Gasteiger partial charge in [-0.05, 0) is 36.4 Å². The highest BCUT2D eigenvalue weighted by atomic mass is 35.5. The lowest BCUT2D eigenvalue weighted by Crippen LogP contribution is -2.32. The zero-order valence-electron chi connectivity index (χ0n) is 12.5. The highest BCUT2D eigenvalue weighted by Gasteiger charge is 2.15. The van der Waals surface area contributed by atoms with Crippen molar-refractivity contribution in [3.05, 3.63) is 65.6 Å². The first-order valence-electron chi connectivity index (χ1n) is 7.24. The minimum absolute atomic E-state index is 0.0125. The summed E-state index contributed by atoms with van der Waals surface area (Å²) in [5.74, 6) is 1.41. The summed E-state index contributed by atoms with van der Waals surface area (Å²) in [6, 6.07) is 13.2. The second-order valence-corrected chi connectivity index (χ2v) is 5.42. The van der Waals surface area contributed by atoms with Crippen molar-refractivity contribution in [3.8, 4) is 11.5 Å². The number of nitrogens with one attached hydrogen (secondary N) is 2. The highest BCUT2D eigenvalue weighted by Crippen LogP contribution is 2.25. The summed E-state index contributed by atoms with van der Waals surface area (Å²) in [6.45, 7) is -0.0125. The van der Waals surface area contributed by atoms with Crippen LogP contribution in [-0.2, 0) is 0 Å². The summed E-state index contributed by atoms with van der Waals surface area (Å²) in [5, 5.41) is 15.7. The predicted octanol–water partition coefficient (Wildman–Crippen LogP) is 4.05. The molecule has 0 aliphatic carbocycles. The van der Waals surface area contributed by atoms with Crippen LogP contribution in [0.2, 0.25) is 5.02 Å². The van der Waals surface area contributed by atoms with Gasteiger partial charge in [-0.25, -0.2) is 4.79 Å². The fourth-order valence-corrected chi connectivity index (χ4v) is 2.29. The summed E-state index contributed by atoms with van der Waals surface area (Å²) in [7, 11) is 0. The molecule has 0 saturated carbocycles. The van der Waals surface area contributed by atoms with Crippen molar-refractivity contribution in [1.29, 1.82) is 0 Å². The van der Waals surface area contributed by atoms with Crippen LogP contribution in [0.1, 0.15) is 11.9 Å². The van der Waals surface area contributed by atoms with Gasteiger partial charge in [0.15, 0.2) is 11.5 Å². The number of anilines is 1. The molecule has 3 rings (SSSR count). The van der Waals surface area contributed by atoms with E-state index in [-0.39, 0.29) is 6.54 Å². The van der Waals surface area contributed by atoms with Crippen molar-refractivity contribution in [1.82, 2.24) is 5.32 Å². The molecule has 1 atom stereocenters. The fraction of sp³-hybridized carbons (Fsp3) is 0.118. The average Bonchev–Trinajstić information content (AvgIpc) is 3.25. The molecule has 2 heterocycles. The lowest BCUT2D eigenvalue weighted by Gasteiger charge is -2.11. The number of benzene rings is 1. The number of carbonyl (C=O) groups is 1. The Hall–Kier alpha value is -2.70. The Morgan fingerprint density at radius 1 is 1.12 bits per heavy atom. The Labute approximate surface area is 143 Å². The molecule has 1 unspecified atom stereocenters. The van der Waals surface area contributed by atoms with Gasteiger partial charge in [-0.2, -0.15) is 0 Å². The van der Waals surface area contributed by atoms with Crippen LogP contribution in [-0.4, -0.2) is 17.7 Å². The highest BCUT2D eigenvalue weighted by molar-refractivity contribution is 6.33. The van der Waals surface area contributed by atoms with Crippen LogP contribution in [0.4, 0.5) is 10.5 Å². The molecular formula is C17H15ClN2O4. The zero-order valence-corrected chi connectivity index (χ0v) is 13.3. The van der Waals surface area contributed by atoms with Gasteiger partial charge in [-0.1, -0.05) is 23.7 Å². The van der Waals surface area contributed by atoms with Crippen LogP contribution in [0.3, 0.4) is 0 Å². The summed E-state index contributed by atoms with van der Waals surface area (Å²) in [5.41, 5.74) is 0.490. The standard InChI is InChI=1S/C17H15ClN2O4/c18-11-4-1-2-5-12(11)20-17(22)19-10-13(21)14-7-8-16(24-14)15-6-3-9-23-15/h1-9,13,21H,10H2,(H2,19,20,22). The number of hydrogen-bond donors (Lipinski definition) is 3. The smallest absolute Gasteiger partial charge is 0.319 e. The maximum Gasteiger partial charge on any atom is 0.319 e. The Kier molecular flexibility index (Phi) is 4.88. The Balaban J connectivity index is 1.55. The molecule has 0 spiro atoms. The molecule has 6 nitrogen and oxygen atoms in total. The minimum atomic E-state index is -0.981. The van der Waals surface area contributed by atoms with E-state index in [1.54, 1.807) is 48.5 Å². The van der Waals surface area contributed by atoms with Crippen molar-refractivity contribution in [2.75, 3.05) is 11.9 Å². The number of urea groups is 1. The Bertz CT molecular complexity index is 814. The van der Waals surface area contributed by atoms with Gasteiger partial charge in [-0.15, -0.1) is 0 Å². The van der Waals surface area contributed by atoms with Gasteiger partial charge in [-0.3, -0.25) is 0 Å². The van der Waals surface area contributed by atoms with Gasteiger partial charge in [0.2, 0.25) is 0 Å². The van der Waals surface area contributed by atoms with E-state index in [1.807, 2.05) is 0 Å². The van der Waals surface area contributed by atoms with E-state index in [4.69, 9.17) is 20.4 Å². The topological polar surface area (TPSA) is 87.6 Å². The van der Waals surface area contributed by atoms with Crippen molar-refractivity contribution in [2.45, 2.75) is 6.10 Å². The SMILES string of the molecule is O=C(NCC(O)c1ccc(-c2ccco2)o1)Nc1ccccc1Cl. The number of amides is 2. The molecular weight excluding hydrogens is 332 g/mol. The first kappa shape index (κ1) is 16.2. The van der Waals surface area contributed by atoms with Crippen LogP contribution in [0, 0.1) is 0 Å². The van der Waals surface area contributed by atoms with Crippen molar-refractivity contribution >= 4 is 23.3 Å². The van der Waals surface area contributed by atoms with E-state index in [0.29, 0.717) is 28.0 Å². The molecule has 0 saturated heterocycles. The Morgan fingerprint density at radius 3 is 2.71 bits per heavy atom. The first-order chi connectivity index (χ1) is 11.6. The third-order valence-corrected chi connectivity index (χ3v) is 3.63. The fourth-order valence-electron chi connectivity index (χ4n) is 2.10. The summed E-state index contributed by atoms with van der Waals surface area (Å²) >= 11 is 5.96. The summed E-state index contributed by atoms with van der Waals surface area (Å²) in [4.78, 5) is 11.9. The van der Waals surface area contributed by atoms with Crippen LogP contribution >= 0.6 is 11.6 Å². The Morgan fingerprint density at radius 2 is 1.96 bits per heavy atom. The van der Waals surface area contributed by atoms with Gasteiger partial charge in [0.05, 0.1) is 23.5 Å². The molecule has 0 radical (unpaired) electrons. The molecule has 1 aromatic carbocycles.